The molecule has 0 radical (unpaired) electrons. The molecule has 7 nitrogen and oxygen atoms in total. The Morgan fingerprint density at radius 1 is 1.27 bits per heavy atom. The first-order valence-electron chi connectivity index (χ1n) is 7.99. The SMILES string of the molecule is CCC1=NN(C(=O)c2ccc([N+](=O)[O-])cc2)[C@](O)(c2ccc(Br)cc2)C1. The maximum atomic E-state index is 12.9. The molecule has 3 rings (SSSR count). The van der Waals surface area contributed by atoms with Crippen molar-refractivity contribution in [1.29, 1.82) is 0 Å². The highest BCUT2D eigenvalue weighted by Crippen LogP contribution is 2.37. The van der Waals surface area contributed by atoms with Crippen LogP contribution in [0, 0.1) is 10.1 Å². The molecular weight excluding hydrogens is 402 g/mol. The molecule has 0 unspecified atom stereocenters. The van der Waals surface area contributed by atoms with Crippen molar-refractivity contribution in [1.82, 2.24) is 5.01 Å². The van der Waals surface area contributed by atoms with E-state index in [2.05, 4.69) is 21.0 Å². The predicted octanol–water partition coefficient (Wildman–Crippen LogP) is 3.81. The van der Waals surface area contributed by atoms with Crippen LogP contribution in [-0.2, 0) is 5.72 Å². The Labute approximate surface area is 158 Å². The van der Waals surface area contributed by atoms with Gasteiger partial charge in [-0.2, -0.15) is 10.1 Å². The van der Waals surface area contributed by atoms with E-state index in [-0.39, 0.29) is 17.7 Å². The van der Waals surface area contributed by atoms with Crippen LogP contribution in [0.1, 0.15) is 35.7 Å². The highest BCUT2D eigenvalue weighted by molar-refractivity contribution is 9.10. The molecule has 0 bridgehead atoms. The summed E-state index contributed by atoms with van der Waals surface area (Å²) in [7, 11) is 0. The third kappa shape index (κ3) is 3.25. The number of nitro groups is 1. The van der Waals surface area contributed by atoms with Crippen LogP contribution in [-0.4, -0.2) is 26.7 Å². The van der Waals surface area contributed by atoms with Crippen molar-refractivity contribution in [3.63, 3.8) is 0 Å². The van der Waals surface area contributed by atoms with E-state index in [9.17, 15) is 20.0 Å². The minimum atomic E-state index is -1.59. The third-order valence-electron chi connectivity index (χ3n) is 4.27. The van der Waals surface area contributed by atoms with Crippen LogP contribution in [0.2, 0.25) is 0 Å². The lowest BCUT2D eigenvalue weighted by atomic mass is 9.96. The van der Waals surface area contributed by atoms with Gasteiger partial charge >= 0.3 is 0 Å². The molecule has 2 aromatic carbocycles. The molecule has 0 aromatic heterocycles. The maximum absolute atomic E-state index is 12.9. The van der Waals surface area contributed by atoms with Gasteiger partial charge in [-0.05, 0) is 30.7 Å². The van der Waals surface area contributed by atoms with Gasteiger partial charge in [-0.3, -0.25) is 14.9 Å². The summed E-state index contributed by atoms with van der Waals surface area (Å²) in [6.07, 6.45) is 0.812. The number of amides is 1. The predicted molar refractivity (Wildman–Crippen MR) is 99.6 cm³/mol. The highest BCUT2D eigenvalue weighted by Gasteiger charge is 2.45. The first kappa shape index (κ1) is 18.2. The minimum Gasteiger partial charge on any atom is -0.365 e. The number of nitro benzene ring substituents is 1. The number of carbonyl (C=O) groups excluding carboxylic acids is 1. The molecule has 0 saturated carbocycles. The van der Waals surface area contributed by atoms with E-state index in [0.29, 0.717) is 17.7 Å². The summed E-state index contributed by atoms with van der Waals surface area (Å²) in [5.41, 5.74) is -0.241. The van der Waals surface area contributed by atoms with Crippen LogP contribution < -0.4 is 0 Å². The van der Waals surface area contributed by atoms with Crippen molar-refractivity contribution in [3.05, 3.63) is 74.2 Å². The molecule has 1 amide bonds. The van der Waals surface area contributed by atoms with E-state index in [1.54, 1.807) is 24.3 Å². The van der Waals surface area contributed by atoms with Crippen LogP contribution in [0.4, 0.5) is 5.69 Å². The van der Waals surface area contributed by atoms with Gasteiger partial charge in [0, 0.05) is 39.9 Å². The number of non-ortho nitro benzene ring substituents is 1. The fourth-order valence-corrected chi connectivity index (χ4v) is 3.08. The second-order valence-corrected chi connectivity index (χ2v) is 6.86. The monoisotopic (exact) mass is 417 g/mol. The lowest BCUT2D eigenvalue weighted by Gasteiger charge is -2.31. The van der Waals surface area contributed by atoms with Crippen molar-refractivity contribution in [2.75, 3.05) is 0 Å². The van der Waals surface area contributed by atoms with Gasteiger partial charge in [0.2, 0.25) is 0 Å². The second-order valence-electron chi connectivity index (χ2n) is 5.94. The van der Waals surface area contributed by atoms with Gasteiger partial charge in [-0.15, -0.1) is 0 Å². The zero-order chi connectivity index (χ0) is 18.9. The van der Waals surface area contributed by atoms with Crippen LogP contribution in [0.3, 0.4) is 0 Å². The van der Waals surface area contributed by atoms with E-state index >= 15 is 0 Å². The van der Waals surface area contributed by atoms with Gasteiger partial charge in [-0.25, -0.2) is 0 Å². The number of hydrazone groups is 1. The smallest absolute Gasteiger partial charge is 0.276 e. The lowest BCUT2D eigenvalue weighted by molar-refractivity contribution is -0.384. The number of halogens is 1. The maximum Gasteiger partial charge on any atom is 0.276 e. The first-order chi connectivity index (χ1) is 12.3. The fraction of sp³-hybridized carbons (Fsp3) is 0.222. The average Bonchev–Trinajstić information content (AvgIpc) is 2.99. The molecule has 26 heavy (non-hydrogen) atoms. The molecule has 0 aliphatic carbocycles. The molecule has 0 spiro atoms. The summed E-state index contributed by atoms with van der Waals surface area (Å²) in [5, 5.41) is 27.4. The fourth-order valence-electron chi connectivity index (χ4n) is 2.82. The topological polar surface area (TPSA) is 96.0 Å². The molecule has 1 aliphatic heterocycles. The molecule has 0 saturated heterocycles. The molecular formula is C18H16BrN3O4. The summed E-state index contributed by atoms with van der Waals surface area (Å²) in [6.45, 7) is 1.90. The molecule has 1 atom stereocenters. The normalized spacial score (nSPS) is 19.3. The standard InChI is InChI=1S/C18H16BrN3O4/c1-2-15-11-18(24,13-5-7-14(19)8-6-13)21(20-15)17(23)12-3-9-16(10-4-12)22(25)26/h3-10,24H,2,11H2,1H3/t18-/m1/s1. The van der Waals surface area contributed by atoms with Gasteiger partial charge in [0.1, 0.15) is 0 Å². The van der Waals surface area contributed by atoms with Gasteiger partial charge < -0.3 is 5.11 Å². The Kier molecular flexibility index (Phi) is 4.88. The van der Waals surface area contributed by atoms with Crippen molar-refractivity contribution >= 4 is 33.2 Å². The van der Waals surface area contributed by atoms with E-state index in [0.717, 1.165) is 9.48 Å². The largest absolute Gasteiger partial charge is 0.365 e. The van der Waals surface area contributed by atoms with E-state index < -0.39 is 16.6 Å². The van der Waals surface area contributed by atoms with Gasteiger partial charge in [0.15, 0.2) is 5.72 Å². The third-order valence-corrected chi connectivity index (χ3v) is 4.80. The second kappa shape index (κ2) is 6.97. The Morgan fingerprint density at radius 2 is 1.88 bits per heavy atom. The van der Waals surface area contributed by atoms with E-state index in [4.69, 9.17) is 0 Å². The zero-order valence-electron chi connectivity index (χ0n) is 13.9. The van der Waals surface area contributed by atoms with Crippen molar-refractivity contribution in [2.45, 2.75) is 25.5 Å². The van der Waals surface area contributed by atoms with Crippen molar-refractivity contribution in [2.24, 2.45) is 5.10 Å². The first-order valence-corrected chi connectivity index (χ1v) is 8.78. The van der Waals surface area contributed by atoms with Crippen LogP contribution in [0.5, 0.6) is 0 Å². The van der Waals surface area contributed by atoms with Crippen LogP contribution in [0.15, 0.2) is 58.1 Å². The summed E-state index contributed by atoms with van der Waals surface area (Å²) in [5.74, 6) is -0.520. The summed E-state index contributed by atoms with van der Waals surface area (Å²) < 4.78 is 0.854. The number of nitrogens with zero attached hydrogens (tertiary/aromatic N) is 3. The Balaban J connectivity index is 1.98. The van der Waals surface area contributed by atoms with Crippen LogP contribution >= 0.6 is 15.9 Å². The van der Waals surface area contributed by atoms with Crippen molar-refractivity contribution in [3.8, 4) is 0 Å². The lowest BCUT2D eigenvalue weighted by Crippen LogP contribution is -2.43. The van der Waals surface area contributed by atoms with Gasteiger partial charge in [0.25, 0.3) is 11.6 Å². The zero-order valence-corrected chi connectivity index (χ0v) is 15.5. The summed E-state index contributed by atoms with van der Waals surface area (Å²) in [6, 6.07) is 12.3. The summed E-state index contributed by atoms with van der Waals surface area (Å²) in [4.78, 5) is 23.2. The molecule has 134 valence electrons. The molecule has 1 aliphatic rings. The molecule has 2 aromatic rings. The van der Waals surface area contributed by atoms with Gasteiger partial charge in [-0.1, -0.05) is 35.0 Å². The van der Waals surface area contributed by atoms with E-state index in [1.807, 2.05) is 6.92 Å². The Hall–Kier alpha value is -2.58. The van der Waals surface area contributed by atoms with Crippen molar-refractivity contribution < 1.29 is 14.8 Å². The van der Waals surface area contributed by atoms with E-state index in [1.165, 1.54) is 24.3 Å². The highest BCUT2D eigenvalue weighted by atomic mass is 79.9. The number of aliphatic hydroxyl groups is 1. The minimum absolute atomic E-state index is 0.108. The number of benzene rings is 2. The Morgan fingerprint density at radius 3 is 2.42 bits per heavy atom. The average molecular weight is 418 g/mol. The number of carbonyl (C=O) groups is 1. The quantitative estimate of drug-likeness (QED) is 0.603. The number of rotatable bonds is 4. The van der Waals surface area contributed by atoms with Gasteiger partial charge in [0.05, 0.1) is 4.92 Å². The molecule has 8 heteroatoms. The van der Waals surface area contributed by atoms with Crippen LogP contribution in [0.25, 0.3) is 0 Å². The Bertz CT molecular complexity index is 880. The molecule has 1 heterocycles. The number of hydrogen-bond donors (Lipinski definition) is 1. The summed E-state index contributed by atoms with van der Waals surface area (Å²) >= 11 is 3.35. The molecule has 1 N–H and O–H groups in total. The number of hydrogen-bond acceptors (Lipinski definition) is 5. The molecule has 0 fully saturated rings.